The third-order valence-electron chi connectivity index (χ3n) is 1.81. The summed E-state index contributed by atoms with van der Waals surface area (Å²) in [5.74, 6) is 0.754. The highest BCUT2D eigenvalue weighted by molar-refractivity contribution is 7.80. The van der Waals surface area contributed by atoms with Gasteiger partial charge in [-0.2, -0.15) is 0 Å². The Morgan fingerprint density at radius 1 is 1.64 bits per heavy atom. The molecule has 1 heterocycles. The number of aliphatic hydroxyl groups is 1. The summed E-state index contributed by atoms with van der Waals surface area (Å²) in [6.45, 7) is 0.628. The van der Waals surface area contributed by atoms with Gasteiger partial charge >= 0.3 is 0 Å². The Kier molecular flexibility index (Phi) is 3.79. The zero-order valence-corrected chi connectivity index (χ0v) is 8.79. The van der Waals surface area contributed by atoms with Gasteiger partial charge in [0.2, 0.25) is 0 Å². The fraction of sp³-hybridized carbons (Fsp3) is 0.333. The first kappa shape index (κ1) is 10.9. The Balaban J connectivity index is 2.87. The summed E-state index contributed by atoms with van der Waals surface area (Å²) in [5.41, 5.74) is 6.06. The average Bonchev–Trinajstić information content (AvgIpc) is 2.18. The number of aromatic nitrogens is 1. The Morgan fingerprint density at radius 3 is 2.93 bits per heavy atom. The predicted molar refractivity (Wildman–Crippen MR) is 60.5 cm³/mol. The van der Waals surface area contributed by atoms with Gasteiger partial charge in [-0.25, -0.2) is 4.98 Å². The highest BCUT2D eigenvalue weighted by atomic mass is 32.1. The summed E-state index contributed by atoms with van der Waals surface area (Å²) in [4.78, 5) is 6.36. The van der Waals surface area contributed by atoms with E-state index in [9.17, 15) is 0 Å². The molecule has 5 heteroatoms. The largest absolute Gasteiger partial charge is 0.395 e. The van der Waals surface area contributed by atoms with E-state index in [0.29, 0.717) is 12.2 Å². The van der Waals surface area contributed by atoms with E-state index in [0.717, 1.165) is 5.82 Å². The maximum atomic E-state index is 8.76. The molecule has 1 rings (SSSR count). The van der Waals surface area contributed by atoms with Crippen molar-refractivity contribution in [3.63, 3.8) is 0 Å². The second kappa shape index (κ2) is 4.88. The Morgan fingerprint density at radius 2 is 2.36 bits per heavy atom. The van der Waals surface area contributed by atoms with Crippen molar-refractivity contribution in [1.82, 2.24) is 4.98 Å². The van der Waals surface area contributed by atoms with Gasteiger partial charge in [-0.05, 0) is 12.1 Å². The molecule has 76 valence electrons. The molecule has 0 spiro atoms. The number of anilines is 1. The van der Waals surface area contributed by atoms with Crippen molar-refractivity contribution in [2.75, 3.05) is 25.1 Å². The fourth-order valence-electron chi connectivity index (χ4n) is 1.04. The standard InChI is InChI=1S/C9H13N3OS/c1-12(5-6-13)8-4-2-3-7(11-8)9(10)14/h2-4,13H,5-6H2,1H3,(H2,10,14). The first-order chi connectivity index (χ1) is 6.65. The number of likely N-dealkylation sites (N-methyl/N-ethyl adjacent to an activating group) is 1. The van der Waals surface area contributed by atoms with E-state index >= 15 is 0 Å². The van der Waals surface area contributed by atoms with E-state index in [1.54, 1.807) is 6.07 Å². The monoisotopic (exact) mass is 211 g/mol. The molecule has 1 aromatic rings. The van der Waals surface area contributed by atoms with Crippen LogP contribution in [0.15, 0.2) is 18.2 Å². The molecule has 0 aliphatic heterocycles. The van der Waals surface area contributed by atoms with E-state index in [-0.39, 0.29) is 11.6 Å². The number of pyridine rings is 1. The molecule has 4 nitrogen and oxygen atoms in total. The zero-order valence-electron chi connectivity index (χ0n) is 7.97. The minimum absolute atomic E-state index is 0.0927. The smallest absolute Gasteiger partial charge is 0.129 e. The van der Waals surface area contributed by atoms with E-state index in [2.05, 4.69) is 4.98 Å². The molecule has 0 unspecified atom stereocenters. The summed E-state index contributed by atoms with van der Waals surface area (Å²) < 4.78 is 0. The van der Waals surface area contributed by atoms with Crippen LogP contribution in [0, 0.1) is 0 Å². The quantitative estimate of drug-likeness (QED) is 0.694. The van der Waals surface area contributed by atoms with Gasteiger partial charge in [0.25, 0.3) is 0 Å². The Bertz CT molecular complexity index is 330. The lowest BCUT2D eigenvalue weighted by molar-refractivity contribution is 0.304. The number of nitrogens with zero attached hydrogens (tertiary/aromatic N) is 2. The molecule has 0 fully saturated rings. The summed E-state index contributed by atoms with van der Waals surface area (Å²) in [6, 6.07) is 5.45. The van der Waals surface area contributed by atoms with Gasteiger partial charge in [-0.15, -0.1) is 0 Å². The lowest BCUT2D eigenvalue weighted by atomic mass is 10.3. The number of thiocarbonyl (C=S) groups is 1. The van der Waals surface area contributed by atoms with Crippen molar-refractivity contribution in [1.29, 1.82) is 0 Å². The maximum absolute atomic E-state index is 8.76. The summed E-state index contributed by atoms with van der Waals surface area (Å²) >= 11 is 4.82. The van der Waals surface area contributed by atoms with Gasteiger partial charge < -0.3 is 15.7 Å². The third kappa shape index (κ3) is 2.65. The highest BCUT2D eigenvalue weighted by Gasteiger charge is 2.03. The molecule has 0 radical (unpaired) electrons. The van der Waals surface area contributed by atoms with E-state index in [1.165, 1.54) is 0 Å². The van der Waals surface area contributed by atoms with Crippen LogP contribution in [-0.4, -0.2) is 35.3 Å². The lowest BCUT2D eigenvalue weighted by Crippen LogP contribution is -2.23. The van der Waals surface area contributed by atoms with Crippen molar-refractivity contribution >= 4 is 23.0 Å². The molecule has 0 atom stereocenters. The molecular formula is C9H13N3OS. The second-order valence-electron chi connectivity index (χ2n) is 2.89. The molecule has 0 bridgehead atoms. The van der Waals surface area contributed by atoms with Crippen LogP contribution < -0.4 is 10.6 Å². The van der Waals surface area contributed by atoms with Gasteiger partial charge in [0.05, 0.1) is 12.3 Å². The number of aliphatic hydroxyl groups excluding tert-OH is 1. The van der Waals surface area contributed by atoms with Crippen LogP contribution in [0.2, 0.25) is 0 Å². The Labute approximate surface area is 88.4 Å². The summed E-state index contributed by atoms with van der Waals surface area (Å²) in [7, 11) is 1.85. The van der Waals surface area contributed by atoms with E-state index in [4.69, 9.17) is 23.1 Å². The molecule has 0 aliphatic carbocycles. The molecule has 3 N–H and O–H groups in total. The van der Waals surface area contributed by atoms with Gasteiger partial charge in [-0.1, -0.05) is 18.3 Å². The Hall–Kier alpha value is -1.20. The molecule has 14 heavy (non-hydrogen) atoms. The van der Waals surface area contributed by atoms with Gasteiger partial charge in [0.15, 0.2) is 0 Å². The van der Waals surface area contributed by atoms with Gasteiger partial charge in [0, 0.05) is 13.6 Å². The topological polar surface area (TPSA) is 62.4 Å². The molecular weight excluding hydrogens is 198 g/mol. The van der Waals surface area contributed by atoms with E-state index in [1.807, 2.05) is 24.1 Å². The van der Waals surface area contributed by atoms with Crippen LogP contribution in [0.4, 0.5) is 5.82 Å². The average molecular weight is 211 g/mol. The summed E-state index contributed by atoms with van der Waals surface area (Å²) in [6.07, 6.45) is 0. The SMILES string of the molecule is CN(CCO)c1cccc(C(N)=S)n1. The van der Waals surface area contributed by atoms with E-state index < -0.39 is 0 Å². The lowest BCUT2D eigenvalue weighted by Gasteiger charge is -2.16. The number of hydrogen-bond donors (Lipinski definition) is 2. The number of nitrogens with two attached hydrogens (primary N) is 1. The van der Waals surface area contributed by atoms with Crippen LogP contribution in [0.25, 0.3) is 0 Å². The van der Waals surface area contributed by atoms with Crippen LogP contribution in [0.1, 0.15) is 5.69 Å². The first-order valence-electron chi connectivity index (χ1n) is 4.24. The minimum Gasteiger partial charge on any atom is -0.395 e. The normalized spacial score (nSPS) is 9.86. The van der Waals surface area contributed by atoms with Crippen LogP contribution in [-0.2, 0) is 0 Å². The van der Waals surface area contributed by atoms with Crippen LogP contribution in [0.5, 0.6) is 0 Å². The molecule has 0 aromatic carbocycles. The third-order valence-corrected chi connectivity index (χ3v) is 2.02. The predicted octanol–water partition coefficient (Wildman–Crippen LogP) is 0.144. The van der Waals surface area contributed by atoms with Crippen molar-refractivity contribution in [3.8, 4) is 0 Å². The molecule has 0 aliphatic rings. The summed E-state index contributed by atoms with van der Waals surface area (Å²) in [5, 5.41) is 8.76. The number of hydrogen-bond acceptors (Lipinski definition) is 4. The second-order valence-corrected chi connectivity index (χ2v) is 3.33. The van der Waals surface area contributed by atoms with Crippen LogP contribution in [0.3, 0.4) is 0 Å². The number of rotatable bonds is 4. The van der Waals surface area contributed by atoms with Crippen molar-refractivity contribution in [2.24, 2.45) is 5.73 Å². The molecule has 0 saturated heterocycles. The minimum atomic E-state index is 0.0927. The zero-order chi connectivity index (χ0) is 10.6. The van der Waals surface area contributed by atoms with Gasteiger partial charge in [0.1, 0.15) is 10.8 Å². The highest BCUT2D eigenvalue weighted by Crippen LogP contribution is 2.08. The van der Waals surface area contributed by atoms with Gasteiger partial charge in [-0.3, -0.25) is 0 Å². The van der Waals surface area contributed by atoms with Crippen molar-refractivity contribution < 1.29 is 5.11 Å². The van der Waals surface area contributed by atoms with Crippen molar-refractivity contribution in [2.45, 2.75) is 0 Å². The fourth-order valence-corrected chi connectivity index (χ4v) is 1.15. The molecule has 0 amide bonds. The van der Waals surface area contributed by atoms with Crippen molar-refractivity contribution in [3.05, 3.63) is 23.9 Å². The molecule has 1 aromatic heterocycles. The first-order valence-corrected chi connectivity index (χ1v) is 4.65. The molecule has 0 saturated carbocycles. The van der Waals surface area contributed by atoms with Crippen LogP contribution >= 0.6 is 12.2 Å². The maximum Gasteiger partial charge on any atom is 0.129 e.